The zero-order valence-corrected chi connectivity index (χ0v) is 17.3. The topological polar surface area (TPSA) is 112 Å². The van der Waals surface area contributed by atoms with Gasteiger partial charge in [0.1, 0.15) is 11.7 Å². The molecule has 9 heteroatoms. The van der Waals surface area contributed by atoms with E-state index in [1.807, 2.05) is 30.3 Å². The number of hydrogen-bond acceptors (Lipinski definition) is 6. The minimum absolute atomic E-state index is 0.158. The first-order chi connectivity index (χ1) is 15.5. The molecule has 3 heterocycles. The van der Waals surface area contributed by atoms with Crippen molar-refractivity contribution >= 4 is 5.91 Å². The predicted octanol–water partition coefficient (Wildman–Crippen LogP) is 2.10. The Morgan fingerprint density at radius 2 is 1.69 bits per heavy atom. The third-order valence-electron chi connectivity index (χ3n) is 4.90. The molecule has 3 aromatic heterocycles. The zero-order valence-electron chi connectivity index (χ0n) is 17.3. The molecule has 1 N–H and O–H groups in total. The fourth-order valence-electron chi connectivity index (χ4n) is 3.17. The fourth-order valence-corrected chi connectivity index (χ4v) is 3.17. The van der Waals surface area contributed by atoms with Crippen LogP contribution in [0, 0.1) is 0 Å². The van der Waals surface area contributed by atoms with Gasteiger partial charge in [0.2, 0.25) is 5.91 Å². The van der Waals surface area contributed by atoms with E-state index in [4.69, 9.17) is 4.42 Å². The van der Waals surface area contributed by atoms with Gasteiger partial charge in [-0.25, -0.2) is 9.36 Å². The molecule has 1 unspecified atom stereocenters. The van der Waals surface area contributed by atoms with E-state index in [0.29, 0.717) is 17.1 Å². The molecule has 1 aromatic carbocycles. The molecule has 0 saturated heterocycles. The van der Waals surface area contributed by atoms with Crippen molar-refractivity contribution in [2.75, 3.05) is 6.54 Å². The predicted molar refractivity (Wildman–Crippen MR) is 118 cm³/mol. The molecular weight excluding hydrogens is 410 g/mol. The minimum Gasteiger partial charge on any atom is -0.463 e. The molecule has 162 valence electrons. The quantitative estimate of drug-likeness (QED) is 0.480. The Balaban J connectivity index is 1.44. The van der Waals surface area contributed by atoms with Gasteiger partial charge in [0.25, 0.3) is 11.1 Å². The highest BCUT2D eigenvalue weighted by Gasteiger charge is 2.18. The second-order valence-corrected chi connectivity index (χ2v) is 7.09. The molecule has 0 radical (unpaired) electrons. The van der Waals surface area contributed by atoms with Crippen LogP contribution in [0.2, 0.25) is 0 Å². The summed E-state index contributed by atoms with van der Waals surface area (Å²) in [7, 11) is 0. The second kappa shape index (κ2) is 9.25. The van der Waals surface area contributed by atoms with Crippen molar-refractivity contribution in [2.45, 2.75) is 19.5 Å². The SMILES string of the molecule is CC(C(=O)NCCn1nc(-c2ccco2)ccc1=O)n1nc(-c2ccccc2)ccc1=O. The number of nitrogens with zero attached hydrogens (tertiary/aromatic N) is 4. The van der Waals surface area contributed by atoms with Gasteiger partial charge in [-0.2, -0.15) is 10.2 Å². The monoisotopic (exact) mass is 431 g/mol. The van der Waals surface area contributed by atoms with E-state index in [1.165, 1.54) is 23.1 Å². The number of hydrogen-bond donors (Lipinski definition) is 1. The third-order valence-corrected chi connectivity index (χ3v) is 4.90. The molecule has 0 spiro atoms. The molecule has 4 rings (SSSR count). The first-order valence-electron chi connectivity index (χ1n) is 10.1. The molecule has 1 atom stereocenters. The smallest absolute Gasteiger partial charge is 0.267 e. The number of benzene rings is 1. The Morgan fingerprint density at radius 3 is 2.44 bits per heavy atom. The maximum atomic E-state index is 12.6. The lowest BCUT2D eigenvalue weighted by molar-refractivity contribution is -0.124. The van der Waals surface area contributed by atoms with Crippen LogP contribution in [0.5, 0.6) is 0 Å². The van der Waals surface area contributed by atoms with Gasteiger partial charge in [-0.3, -0.25) is 14.4 Å². The summed E-state index contributed by atoms with van der Waals surface area (Å²) in [6, 6.07) is 18.0. The van der Waals surface area contributed by atoms with Crippen LogP contribution in [0.1, 0.15) is 13.0 Å². The normalized spacial score (nSPS) is 11.8. The lowest BCUT2D eigenvalue weighted by Crippen LogP contribution is -2.39. The number of nitrogens with one attached hydrogen (secondary N) is 1. The maximum Gasteiger partial charge on any atom is 0.267 e. The molecule has 0 aliphatic rings. The van der Waals surface area contributed by atoms with Crippen molar-refractivity contribution < 1.29 is 9.21 Å². The Hall–Kier alpha value is -4.27. The van der Waals surface area contributed by atoms with E-state index >= 15 is 0 Å². The lowest BCUT2D eigenvalue weighted by Gasteiger charge is -2.15. The summed E-state index contributed by atoms with van der Waals surface area (Å²) in [6.45, 7) is 1.92. The van der Waals surface area contributed by atoms with E-state index in [-0.39, 0.29) is 30.1 Å². The van der Waals surface area contributed by atoms with Crippen molar-refractivity contribution in [2.24, 2.45) is 0 Å². The van der Waals surface area contributed by atoms with Gasteiger partial charge >= 0.3 is 0 Å². The van der Waals surface area contributed by atoms with Crippen molar-refractivity contribution in [1.82, 2.24) is 24.9 Å². The third kappa shape index (κ3) is 4.56. The summed E-state index contributed by atoms with van der Waals surface area (Å²) in [5.74, 6) is 0.153. The van der Waals surface area contributed by atoms with Crippen LogP contribution in [-0.2, 0) is 11.3 Å². The Morgan fingerprint density at radius 1 is 0.938 bits per heavy atom. The van der Waals surface area contributed by atoms with Crippen molar-refractivity contribution in [3.63, 3.8) is 0 Å². The number of aromatic nitrogens is 4. The molecular formula is C23H21N5O4. The van der Waals surface area contributed by atoms with Crippen LogP contribution >= 0.6 is 0 Å². The number of carbonyl (C=O) groups is 1. The molecule has 4 aromatic rings. The Kier molecular flexibility index (Phi) is 6.07. The molecule has 1 amide bonds. The molecule has 0 fully saturated rings. The second-order valence-electron chi connectivity index (χ2n) is 7.09. The molecule has 0 bridgehead atoms. The largest absolute Gasteiger partial charge is 0.463 e. The first kappa shape index (κ1) is 21.0. The van der Waals surface area contributed by atoms with Gasteiger partial charge in [-0.1, -0.05) is 30.3 Å². The Bertz CT molecular complexity index is 1330. The average Bonchev–Trinajstić information content (AvgIpc) is 3.36. The van der Waals surface area contributed by atoms with E-state index < -0.39 is 6.04 Å². The minimum atomic E-state index is -0.828. The lowest BCUT2D eigenvalue weighted by atomic mass is 10.1. The zero-order chi connectivity index (χ0) is 22.5. The van der Waals surface area contributed by atoms with Gasteiger partial charge in [-0.15, -0.1) is 0 Å². The average molecular weight is 431 g/mol. The highest BCUT2D eigenvalue weighted by molar-refractivity contribution is 5.79. The van der Waals surface area contributed by atoms with Gasteiger partial charge in [0.05, 0.1) is 18.5 Å². The first-order valence-corrected chi connectivity index (χ1v) is 10.1. The van der Waals surface area contributed by atoms with E-state index in [0.717, 1.165) is 10.2 Å². The van der Waals surface area contributed by atoms with Crippen LogP contribution in [0.3, 0.4) is 0 Å². The van der Waals surface area contributed by atoms with Crippen LogP contribution in [0.4, 0.5) is 0 Å². The summed E-state index contributed by atoms with van der Waals surface area (Å²) >= 11 is 0. The maximum absolute atomic E-state index is 12.6. The number of furan rings is 1. The van der Waals surface area contributed by atoms with E-state index in [2.05, 4.69) is 15.5 Å². The molecule has 9 nitrogen and oxygen atoms in total. The number of rotatable bonds is 7. The molecule has 32 heavy (non-hydrogen) atoms. The number of amides is 1. The van der Waals surface area contributed by atoms with Crippen LogP contribution in [0.25, 0.3) is 22.7 Å². The molecule has 0 aliphatic heterocycles. The standard InChI is InChI=1S/C23H21N5O4/c1-16(28-22(30)12-9-18(26-28)17-6-3-2-4-7-17)23(31)24-13-14-27-21(29)11-10-19(25-27)20-8-5-15-32-20/h2-12,15-16H,13-14H2,1H3,(H,24,31). The van der Waals surface area contributed by atoms with Crippen molar-refractivity contribution in [1.29, 1.82) is 0 Å². The van der Waals surface area contributed by atoms with Crippen LogP contribution < -0.4 is 16.4 Å². The van der Waals surface area contributed by atoms with Crippen LogP contribution in [-0.4, -0.2) is 32.0 Å². The number of carbonyl (C=O) groups excluding carboxylic acids is 1. The molecule has 0 aliphatic carbocycles. The van der Waals surface area contributed by atoms with Gasteiger partial charge < -0.3 is 9.73 Å². The summed E-state index contributed by atoms with van der Waals surface area (Å²) in [4.78, 5) is 37.0. The molecule has 0 saturated carbocycles. The van der Waals surface area contributed by atoms with Gasteiger partial charge in [0.15, 0.2) is 5.76 Å². The summed E-state index contributed by atoms with van der Waals surface area (Å²) < 4.78 is 7.71. The van der Waals surface area contributed by atoms with Gasteiger partial charge in [0, 0.05) is 24.2 Å². The van der Waals surface area contributed by atoms with E-state index in [9.17, 15) is 14.4 Å². The Labute approximate surface area is 182 Å². The fraction of sp³-hybridized carbons (Fsp3) is 0.174. The highest BCUT2D eigenvalue weighted by atomic mass is 16.3. The van der Waals surface area contributed by atoms with Gasteiger partial charge in [-0.05, 0) is 31.2 Å². The van der Waals surface area contributed by atoms with Crippen molar-refractivity contribution in [3.05, 3.63) is 93.7 Å². The highest BCUT2D eigenvalue weighted by Crippen LogP contribution is 2.16. The summed E-state index contributed by atoms with van der Waals surface area (Å²) in [5.41, 5.74) is 1.28. The summed E-state index contributed by atoms with van der Waals surface area (Å²) in [6.07, 6.45) is 1.52. The van der Waals surface area contributed by atoms with E-state index in [1.54, 1.807) is 31.2 Å². The van der Waals surface area contributed by atoms with Crippen LogP contribution in [0.15, 0.2) is 87.0 Å². The van der Waals surface area contributed by atoms with Crippen molar-refractivity contribution in [3.8, 4) is 22.7 Å². The summed E-state index contributed by atoms with van der Waals surface area (Å²) in [5, 5.41) is 11.4.